The summed E-state index contributed by atoms with van der Waals surface area (Å²) in [6.07, 6.45) is 4.25. The van der Waals surface area contributed by atoms with Gasteiger partial charge in [0.05, 0.1) is 12.7 Å². The van der Waals surface area contributed by atoms with Crippen LogP contribution in [-0.4, -0.2) is 30.6 Å². The molecule has 0 aromatic heterocycles. The molecule has 2 aromatic carbocycles. The van der Waals surface area contributed by atoms with Gasteiger partial charge in [-0.15, -0.1) is 0 Å². The van der Waals surface area contributed by atoms with Crippen molar-refractivity contribution in [2.75, 3.05) is 13.8 Å². The fourth-order valence-electron chi connectivity index (χ4n) is 3.79. The van der Waals surface area contributed by atoms with Crippen LogP contribution < -0.4 is 14.2 Å². The van der Waals surface area contributed by atoms with Crippen LogP contribution in [0.3, 0.4) is 0 Å². The first-order valence-corrected chi connectivity index (χ1v) is 9.25. The molecule has 27 heavy (non-hydrogen) atoms. The number of fused-ring (bicyclic) bond motifs is 2. The van der Waals surface area contributed by atoms with E-state index in [0.29, 0.717) is 29.8 Å². The number of benzene rings is 2. The van der Waals surface area contributed by atoms with E-state index in [0.717, 1.165) is 34.7 Å². The third kappa shape index (κ3) is 2.79. The highest BCUT2D eigenvalue weighted by molar-refractivity contribution is 6.15. The SMILES string of the molecule is COc1ccc(C=C2Oc3c(cc4c(c3C)OCN(C3CC3)C4)C2=O)cc1. The van der Waals surface area contributed by atoms with Gasteiger partial charge in [0.2, 0.25) is 5.78 Å². The zero-order valence-corrected chi connectivity index (χ0v) is 15.5. The van der Waals surface area contributed by atoms with Crippen molar-refractivity contribution in [3.8, 4) is 17.2 Å². The molecule has 5 rings (SSSR count). The molecule has 1 saturated carbocycles. The Morgan fingerprint density at radius 1 is 1.19 bits per heavy atom. The number of nitrogens with zero attached hydrogens (tertiary/aromatic N) is 1. The molecule has 0 atom stereocenters. The number of Topliss-reactive ketones (excluding diaryl/α,β-unsaturated/α-hetero) is 1. The maximum absolute atomic E-state index is 12.9. The second-order valence-electron chi connectivity index (χ2n) is 7.33. The molecule has 0 spiro atoms. The summed E-state index contributed by atoms with van der Waals surface area (Å²) in [6.45, 7) is 3.41. The van der Waals surface area contributed by atoms with Crippen molar-refractivity contribution in [3.05, 3.63) is 58.3 Å². The van der Waals surface area contributed by atoms with E-state index < -0.39 is 0 Å². The molecule has 5 nitrogen and oxygen atoms in total. The average Bonchev–Trinajstić information content (AvgIpc) is 3.50. The Bertz CT molecular complexity index is 957. The van der Waals surface area contributed by atoms with Gasteiger partial charge in [-0.3, -0.25) is 9.69 Å². The van der Waals surface area contributed by atoms with Gasteiger partial charge < -0.3 is 14.2 Å². The third-order valence-electron chi connectivity index (χ3n) is 5.44. The first kappa shape index (κ1) is 16.4. The summed E-state index contributed by atoms with van der Waals surface area (Å²) in [6, 6.07) is 10.1. The summed E-state index contributed by atoms with van der Waals surface area (Å²) in [4.78, 5) is 15.3. The van der Waals surface area contributed by atoms with E-state index in [4.69, 9.17) is 14.2 Å². The molecule has 1 fully saturated rings. The summed E-state index contributed by atoms with van der Waals surface area (Å²) in [7, 11) is 1.63. The van der Waals surface area contributed by atoms with E-state index in [2.05, 4.69) is 4.90 Å². The Hall–Kier alpha value is -2.79. The normalized spacial score (nSPS) is 20.1. The fourth-order valence-corrected chi connectivity index (χ4v) is 3.79. The van der Waals surface area contributed by atoms with Gasteiger partial charge in [0.1, 0.15) is 24.0 Å². The summed E-state index contributed by atoms with van der Waals surface area (Å²) in [5.41, 5.74) is 3.51. The van der Waals surface area contributed by atoms with E-state index in [-0.39, 0.29) is 5.78 Å². The van der Waals surface area contributed by atoms with Crippen LogP contribution in [-0.2, 0) is 6.54 Å². The van der Waals surface area contributed by atoms with Crippen LogP contribution in [0, 0.1) is 6.92 Å². The van der Waals surface area contributed by atoms with E-state index in [1.807, 2.05) is 37.3 Å². The largest absolute Gasteiger partial charge is 0.497 e. The molecule has 1 aliphatic carbocycles. The number of ketones is 1. The van der Waals surface area contributed by atoms with Gasteiger partial charge in [-0.1, -0.05) is 12.1 Å². The van der Waals surface area contributed by atoms with Crippen LogP contribution in [0.4, 0.5) is 0 Å². The lowest BCUT2D eigenvalue weighted by molar-refractivity contribution is 0.0872. The number of rotatable bonds is 3. The highest BCUT2D eigenvalue weighted by Crippen LogP contribution is 2.44. The van der Waals surface area contributed by atoms with Gasteiger partial charge in [0, 0.05) is 23.7 Å². The number of hydrogen-bond acceptors (Lipinski definition) is 5. The van der Waals surface area contributed by atoms with E-state index in [9.17, 15) is 4.79 Å². The van der Waals surface area contributed by atoms with Crippen molar-refractivity contribution < 1.29 is 19.0 Å². The molecule has 0 bridgehead atoms. The van der Waals surface area contributed by atoms with Crippen LogP contribution in [0.1, 0.15) is 39.9 Å². The molecular weight excluding hydrogens is 342 g/mol. The zero-order valence-electron chi connectivity index (χ0n) is 15.5. The van der Waals surface area contributed by atoms with E-state index in [1.54, 1.807) is 13.2 Å². The number of hydrogen-bond donors (Lipinski definition) is 0. The monoisotopic (exact) mass is 363 g/mol. The minimum Gasteiger partial charge on any atom is -0.497 e. The van der Waals surface area contributed by atoms with Crippen LogP contribution >= 0.6 is 0 Å². The Labute approximate surface area is 158 Å². The van der Waals surface area contributed by atoms with Crippen LogP contribution in [0.25, 0.3) is 6.08 Å². The average molecular weight is 363 g/mol. The van der Waals surface area contributed by atoms with Crippen molar-refractivity contribution in [3.63, 3.8) is 0 Å². The summed E-state index contributed by atoms with van der Waals surface area (Å²) in [5, 5.41) is 0. The van der Waals surface area contributed by atoms with Crippen molar-refractivity contribution >= 4 is 11.9 Å². The smallest absolute Gasteiger partial charge is 0.231 e. The van der Waals surface area contributed by atoms with Crippen LogP contribution in [0.2, 0.25) is 0 Å². The lowest BCUT2D eigenvalue weighted by atomic mass is 10.00. The van der Waals surface area contributed by atoms with Gasteiger partial charge >= 0.3 is 0 Å². The minimum atomic E-state index is -0.0738. The van der Waals surface area contributed by atoms with Gasteiger partial charge in [-0.05, 0) is 49.6 Å². The van der Waals surface area contributed by atoms with Gasteiger partial charge in [-0.2, -0.15) is 0 Å². The maximum atomic E-state index is 12.9. The number of carbonyl (C=O) groups excluding carboxylic acids is 1. The Morgan fingerprint density at radius 2 is 1.96 bits per heavy atom. The first-order valence-electron chi connectivity index (χ1n) is 9.25. The summed E-state index contributed by atoms with van der Waals surface area (Å²) < 4.78 is 17.1. The number of methoxy groups -OCH3 is 1. The van der Waals surface area contributed by atoms with Crippen molar-refractivity contribution in [2.45, 2.75) is 32.4 Å². The van der Waals surface area contributed by atoms with Crippen molar-refractivity contribution in [2.24, 2.45) is 0 Å². The molecule has 138 valence electrons. The zero-order chi connectivity index (χ0) is 18.5. The molecule has 2 aliphatic heterocycles. The van der Waals surface area contributed by atoms with E-state index in [1.165, 1.54) is 12.8 Å². The Morgan fingerprint density at radius 3 is 2.67 bits per heavy atom. The number of allylic oxidation sites excluding steroid dienone is 1. The molecule has 0 amide bonds. The van der Waals surface area contributed by atoms with E-state index >= 15 is 0 Å². The van der Waals surface area contributed by atoms with Gasteiger partial charge in [0.25, 0.3) is 0 Å². The first-order chi connectivity index (χ1) is 13.1. The topological polar surface area (TPSA) is 48.0 Å². The highest BCUT2D eigenvalue weighted by atomic mass is 16.5. The summed E-state index contributed by atoms with van der Waals surface area (Å²) in [5.74, 6) is 2.54. The predicted octanol–water partition coefficient (Wildman–Crippen LogP) is 3.93. The maximum Gasteiger partial charge on any atom is 0.231 e. The van der Waals surface area contributed by atoms with Crippen molar-refractivity contribution in [1.82, 2.24) is 4.90 Å². The Balaban J connectivity index is 1.48. The molecule has 0 radical (unpaired) electrons. The van der Waals surface area contributed by atoms with Gasteiger partial charge in [0.15, 0.2) is 5.76 Å². The molecule has 0 unspecified atom stereocenters. The quantitative estimate of drug-likeness (QED) is 0.773. The molecule has 5 heteroatoms. The predicted molar refractivity (Wildman–Crippen MR) is 101 cm³/mol. The van der Waals surface area contributed by atoms with Gasteiger partial charge in [-0.25, -0.2) is 0 Å². The van der Waals surface area contributed by atoms with Crippen LogP contribution in [0.15, 0.2) is 36.1 Å². The second kappa shape index (κ2) is 6.13. The molecule has 0 N–H and O–H groups in total. The molecule has 2 heterocycles. The summed E-state index contributed by atoms with van der Waals surface area (Å²) >= 11 is 0. The number of carbonyl (C=O) groups is 1. The standard InChI is InChI=1S/C22H21NO4/c1-13-21-15(11-23(12-26-21)16-5-6-16)10-18-20(24)19(27-22(13)18)9-14-3-7-17(25-2)8-4-14/h3-4,7-10,16H,5-6,11-12H2,1-2H3. The van der Waals surface area contributed by atoms with Crippen LogP contribution in [0.5, 0.6) is 17.2 Å². The lowest BCUT2D eigenvalue weighted by Crippen LogP contribution is -2.34. The second-order valence-corrected chi connectivity index (χ2v) is 7.33. The third-order valence-corrected chi connectivity index (χ3v) is 5.44. The highest BCUT2D eigenvalue weighted by Gasteiger charge is 2.36. The molecule has 3 aliphatic rings. The Kier molecular flexibility index (Phi) is 3.72. The lowest BCUT2D eigenvalue weighted by Gasteiger charge is -2.30. The number of ether oxygens (including phenoxy) is 3. The molecular formula is C22H21NO4. The fraction of sp³-hybridized carbons (Fsp3) is 0.318. The molecule has 0 saturated heterocycles. The minimum absolute atomic E-state index is 0.0738. The molecule has 2 aromatic rings. The van der Waals surface area contributed by atoms with Crippen molar-refractivity contribution in [1.29, 1.82) is 0 Å².